The molecule has 0 spiro atoms. The highest BCUT2D eigenvalue weighted by molar-refractivity contribution is 7.09. The summed E-state index contributed by atoms with van der Waals surface area (Å²) in [4.78, 5) is 4.49. The standard InChI is InChI=1S/C10H18N2S/c1-4-5-6-9(11-3)10-7-13-8(2)12-10/h7,9,11H,4-6H2,1-3H3. The van der Waals surface area contributed by atoms with Gasteiger partial charge in [-0.2, -0.15) is 0 Å². The van der Waals surface area contributed by atoms with E-state index in [-0.39, 0.29) is 0 Å². The van der Waals surface area contributed by atoms with Crippen LogP contribution in [0.4, 0.5) is 0 Å². The van der Waals surface area contributed by atoms with E-state index in [1.807, 2.05) is 7.05 Å². The van der Waals surface area contributed by atoms with Crippen molar-refractivity contribution in [2.24, 2.45) is 0 Å². The Morgan fingerprint density at radius 3 is 2.85 bits per heavy atom. The summed E-state index contributed by atoms with van der Waals surface area (Å²) in [5.41, 5.74) is 1.21. The molecule has 1 rings (SSSR count). The Bertz CT molecular complexity index is 245. The smallest absolute Gasteiger partial charge is 0.0898 e. The normalized spacial score (nSPS) is 13.2. The molecule has 0 fully saturated rings. The van der Waals surface area contributed by atoms with Gasteiger partial charge in [-0.3, -0.25) is 0 Å². The van der Waals surface area contributed by atoms with Crippen LogP contribution in [0.15, 0.2) is 5.38 Å². The predicted octanol–water partition coefficient (Wildman–Crippen LogP) is 2.90. The molecule has 1 aromatic rings. The zero-order valence-electron chi connectivity index (χ0n) is 8.63. The van der Waals surface area contributed by atoms with E-state index in [1.165, 1.54) is 25.0 Å². The SMILES string of the molecule is CCCCC(NC)c1csc(C)n1. The summed E-state index contributed by atoms with van der Waals surface area (Å²) in [6, 6.07) is 0.449. The number of rotatable bonds is 5. The van der Waals surface area contributed by atoms with E-state index in [0.717, 1.165) is 5.01 Å². The highest BCUT2D eigenvalue weighted by Gasteiger charge is 2.10. The molecular formula is C10H18N2S. The minimum Gasteiger partial charge on any atom is -0.312 e. The molecule has 2 nitrogen and oxygen atoms in total. The first-order valence-corrected chi connectivity index (χ1v) is 5.75. The summed E-state index contributed by atoms with van der Waals surface area (Å²) >= 11 is 1.73. The third-order valence-electron chi connectivity index (χ3n) is 2.19. The number of aryl methyl sites for hydroxylation is 1. The van der Waals surface area contributed by atoms with Crippen LogP contribution in [0.25, 0.3) is 0 Å². The average Bonchev–Trinajstić information content (AvgIpc) is 2.54. The van der Waals surface area contributed by atoms with Gasteiger partial charge >= 0.3 is 0 Å². The molecule has 1 atom stereocenters. The van der Waals surface area contributed by atoms with Crippen molar-refractivity contribution in [3.63, 3.8) is 0 Å². The molecule has 0 radical (unpaired) electrons. The van der Waals surface area contributed by atoms with Gasteiger partial charge in [0.05, 0.1) is 16.7 Å². The van der Waals surface area contributed by atoms with Crippen molar-refractivity contribution in [3.8, 4) is 0 Å². The summed E-state index contributed by atoms with van der Waals surface area (Å²) < 4.78 is 0. The van der Waals surface area contributed by atoms with Crippen LogP contribution >= 0.6 is 11.3 Å². The van der Waals surface area contributed by atoms with Gasteiger partial charge in [-0.1, -0.05) is 19.8 Å². The lowest BCUT2D eigenvalue weighted by atomic mass is 10.1. The highest BCUT2D eigenvalue weighted by Crippen LogP contribution is 2.20. The molecule has 1 unspecified atom stereocenters. The van der Waals surface area contributed by atoms with Gasteiger partial charge in [-0.05, 0) is 20.4 Å². The van der Waals surface area contributed by atoms with Gasteiger partial charge < -0.3 is 5.32 Å². The van der Waals surface area contributed by atoms with Crippen molar-refractivity contribution >= 4 is 11.3 Å². The molecule has 0 aliphatic heterocycles. The second-order valence-electron chi connectivity index (χ2n) is 3.27. The largest absolute Gasteiger partial charge is 0.312 e. The molecule has 1 heterocycles. The van der Waals surface area contributed by atoms with Gasteiger partial charge in [-0.15, -0.1) is 11.3 Å². The average molecular weight is 198 g/mol. The van der Waals surface area contributed by atoms with Crippen LogP contribution in [0, 0.1) is 6.92 Å². The highest BCUT2D eigenvalue weighted by atomic mass is 32.1. The number of thiazole rings is 1. The maximum Gasteiger partial charge on any atom is 0.0898 e. The van der Waals surface area contributed by atoms with Crippen molar-refractivity contribution in [2.45, 2.75) is 39.2 Å². The van der Waals surface area contributed by atoms with E-state index in [1.54, 1.807) is 11.3 Å². The summed E-state index contributed by atoms with van der Waals surface area (Å²) in [7, 11) is 2.01. The topological polar surface area (TPSA) is 24.9 Å². The van der Waals surface area contributed by atoms with Crippen molar-refractivity contribution < 1.29 is 0 Å². The molecule has 0 aliphatic carbocycles. The maximum absolute atomic E-state index is 4.49. The monoisotopic (exact) mass is 198 g/mol. The van der Waals surface area contributed by atoms with E-state index in [4.69, 9.17) is 0 Å². The third-order valence-corrected chi connectivity index (χ3v) is 2.98. The fraction of sp³-hybridized carbons (Fsp3) is 0.700. The molecule has 3 heteroatoms. The van der Waals surface area contributed by atoms with Crippen molar-refractivity contribution in [1.82, 2.24) is 10.3 Å². The lowest BCUT2D eigenvalue weighted by molar-refractivity contribution is 0.513. The van der Waals surface area contributed by atoms with Gasteiger partial charge in [0.15, 0.2) is 0 Å². The quantitative estimate of drug-likeness (QED) is 0.787. The van der Waals surface area contributed by atoms with E-state index in [0.29, 0.717) is 6.04 Å². The molecule has 0 saturated heterocycles. The first kappa shape index (κ1) is 10.7. The Morgan fingerprint density at radius 2 is 2.38 bits per heavy atom. The van der Waals surface area contributed by atoms with E-state index < -0.39 is 0 Å². The van der Waals surface area contributed by atoms with Crippen LogP contribution in [0.1, 0.15) is 42.9 Å². The van der Waals surface area contributed by atoms with E-state index in [2.05, 4.69) is 29.5 Å². The summed E-state index contributed by atoms with van der Waals surface area (Å²) in [6.07, 6.45) is 3.71. The second-order valence-corrected chi connectivity index (χ2v) is 4.34. The number of unbranched alkanes of at least 4 members (excludes halogenated alkanes) is 1. The van der Waals surface area contributed by atoms with Crippen molar-refractivity contribution in [2.75, 3.05) is 7.05 Å². The first-order chi connectivity index (χ1) is 6.27. The number of aromatic nitrogens is 1. The molecular weight excluding hydrogens is 180 g/mol. The summed E-state index contributed by atoms with van der Waals surface area (Å²) in [6.45, 7) is 4.28. The van der Waals surface area contributed by atoms with Crippen LogP contribution < -0.4 is 5.32 Å². The molecule has 0 aliphatic rings. The van der Waals surface area contributed by atoms with Crippen LogP contribution in [0.5, 0.6) is 0 Å². The van der Waals surface area contributed by atoms with Crippen molar-refractivity contribution in [1.29, 1.82) is 0 Å². The van der Waals surface area contributed by atoms with Gasteiger partial charge in [0, 0.05) is 5.38 Å². The van der Waals surface area contributed by atoms with Gasteiger partial charge in [0.2, 0.25) is 0 Å². The molecule has 0 saturated carbocycles. The number of nitrogens with one attached hydrogen (secondary N) is 1. The zero-order valence-corrected chi connectivity index (χ0v) is 9.45. The molecule has 1 N–H and O–H groups in total. The predicted molar refractivity (Wildman–Crippen MR) is 58.2 cm³/mol. The lowest BCUT2D eigenvalue weighted by Crippen LogP contribution is -2.16. The Hall–Kier alpha value is -0.410. The van der Waals surface area contributed by atoms with Crippen LogP contribution in [0.3, 0.4) is 0 Å². The summed E-state index contributed by atoms with van der Waals surface area (Å²) in [5.74, 6) is 0. The maximum atomic E-state index is 4.49. The van der Waals surface area contributed by atoms with E-state index >= 15 is 0 Å². The van der Waals surface area contributed by atoms with Gasteiger partial charge in [0.1, 0.15) is 0 Å². The van der Waals surface area contributed by atoms with Crippen LogP contribution in [0.2, 0.25) is 0 Å². The minimum atomic E-state index is 0.449. The van der Waals surface area contributed by atoms with Crippen LogP contribution in [-0.4, -0.2) is 12.0 Å². The Kier molecular flexibility index (Phi) is 4.39. The fourth-order valence-corrected chi connectivity index (χ4v) is 2.05. The number of nitrogens with zero attached hydrogens (tertiary/aromatic N) is 1. The molecule has 1 aromatic heterocycles. The van der Waals surface area contributed by atoms with Crippen LogP contribution in [-0.2, 0) is 0 Å². The lowest BCUT2D eigenvalue weighted by Gasteiger charge is -2.12. The Morgan fingerprint density at radius 1 is 1.62 bits per heavy atom. The zero-order chi connectivity index (χ0) is 9.68. The first-order valence-electron chi connectivity index (χ1n) is 4.87. The molecule has 74 valence electrons. The van der Waals surface area contributed by atoms with E-state index in [9.17, 15) is 0 Å². The van der Waals surface area contributed by atoms with Crippen molar-refractivity contribution in [3.05, 3.63) is 16.1 Å². The molecule has 13 heavy (non-hydrogen) atoms. The molecule has 0 bridgehead atoms. The van der Waals surface area contributed by atoms with Gasteiger partial charge in [0.25, 0.3) is 0 Å². The Labute approximate surface area is 84.4 Å². The van der Waals surface area contributed by atoms with Gasteiger partial charge in [-0.25, -0.2) is 4.98 Å². The summed E-state index contributed by atoms with van der Waals surface area (Å²) in [5, 5.41) is 6.63. The Balaban J connectivity index is 2.56. The number of hydrogen-bond donors (Lipinski definition) is 1. The minimum absolute atomic E-state index is 0.449. The third kappa shape index (κ3) is 3.08. The molecule has 0 amide bonds. The second kappa shape index (κ2) is 5.35. The fourth-order valence-electron chi connectivity index (χ4n) is 1.39. The number of hydrogen-bond acceptors (Lipinski definition) is 3. The molecule has 0 aromatic carbocycles.